The highest BCUT2D eigenvalue weighted by atomic mass is 32.1. The fourth-order valence-corrected chi connectivity index (χ4v) is 4.44. The zero-order chi connectivity index (χ0) is 25.8. The van der Waals surface area contributed by atoms with Crippen LogP contribution in [0.1, 0.15) is 11.1 Å². The summed E-state index contributed by atoms with van der Waals surface area (Å²) < 4.78 is 8.24. The molecule has 1 saturated heterocycles. The van der Waals surface area contributed by atoms with E-state index in [-0.39, 0.29) is 10.7 Å². The number of nitrogens with one attached hydrogen (secondary N) is 1. The summed E-state index contributed by atoms with van der Waals surface area (Å²) in [5, 5.41) is 2.62. The second-order valence-electron chi connectivity index (χ2n) is 8.25. The summed E-state index contributed by atoms with van der Waals surface area (Å²) in [4.78, 5) is 27.5. The maximum Gasteiger partial charge on any atom is 0.270 e. The Morgan fingerprint density at radius 3 is 2.14 bits per heavy atom. The lowest BCUT2D eigenvalue weighted by molar-refractivity contribution is -0.122. The zero-order valence-electron chi connectivity index (χ0n) is 19.5. The van der Waals surface area contributed by atoms with Crippen LogP contribution in [0.15, 0.2) is 109 Å². The molecule has 1 fully saturated rings. The number of hydrogen-bond donors (Lipinski definition) is 1. The van der Waals surface area contributed by atoms with Gasteiger partial charge >= 0.3 is 0 Å². The van der Waals surface area contributed by atoms with Crippen molar-refractivity contribution < 1.29 is 14.3 Å². The van der Waals surface area contributed by atoms with E-state index in [0.717, 1.165) is 5.56 Å². The molecule has 8 heteroatoms. The summed E-state index contributed by atoms with van der Waals surface area (Å²) in [5.41, 5.74) is 2.13. The molecule has 0 radical (unpaired) electrons. The lowest BCUT2D eigenvalue weighted by Crippen LogP contribution is -2.54. The van der Waals surface area contributed by atoms with Crippen LogP contribution in [0.2, 0.25) is 0 Å². The Morgan fingerprint density at radius 2 is 1.43 bits per heavy atom. The first kappa shape index (κ1) is 24.3. The summed E-state index contributed by atoms with van der Waals surface area (Å²) >= 11 is 11.0. The van der Waals surface area contributed by atoms with Gasteiger partial charge in [0.2, 0.25) is 0 Å². The predicted molar refractivity (Wildman–Crippen MR) is 150 cm³/mol. The van der Waals surface area contributed by atoms with E-state index in [1.54, 1.807) is 30.3 Å². The van der Waals surface area contributed by atoms with Crippen LogP contribution < -0.4 is 15.0 Å². The minimum absolute atomic E-state index is 0.00896. The number of ether oxygens (including phenoxy) is 1. The Labute approximate surface area is 224 Å². The molecule has 0 aliphatic carbocycles. The zero-order valence-corrected chi connectivity index (χ0v) is 21.2. The number of amides is 2. The summed E-state index contributed by atoms with van der Waals surface area (Å²) in [6, 6.07) is 29.8. The molecule has 1 N–H and O–H groups in total. The molecule has 6 nitrogen and oxygen atoms in total. The third-order valence-electron chi connectivity index (χ3n) is 5.72. The van der Waals surface area contributed by atoms with Gasteiger partial charge in [0, 0.05) is 18.3 Å². The van der Waals surface area contributed by atoms with Gasteiger partial charge in [0.1, 0.15) is 21.7 Å². The van der Waals surface area contributed by atoms with Crippen molar-refractivity contribution in [3.05, 3.63) is 125 Å². The fourth-order valence-electron chi connectivity index (χ4n) is 3.91. The molecule has 0 unspecified atom stereocenters. The molecular weight excluding hydrogens is 502 g/mol. The lowest BCUT2D eigenvalue weighted by Gasteiger charge is -2.29. The number of para-hydroxylation sites is 1. The van der Waals surface area contributed by atoms with E-state index in [9.17, 15) is 9.59 Å². The Kier molecular flexibility index (Phi) is 7.02. The molecular formula is C29H21N3O3S2. The number of thiocarbonyl (C=S) groups is 1. The second kappa shape index (κ2) is 10.7. The number of benzene rings is 3. The molecule has 2 amide bonds. The van der Waals surface area contributed by atoms with Crippen LogP contribution in [0.25, 0.3) is 6.08 Å². The molecule has 37 heavy (non-hydrogen) atoms. The van der Waals surface area contributed by atoms with Crippen molar-refractivity contribution in [1.29, 1.82) is 0 Å². The molecule has 5 rings (SSSR count). The molecule has 3 aromatic carbocycles. The van der Waals surface area contributed by atoms with Gasteiger partial charge in [-0.25, -0.2) is 0 Å². The van der Waals surface area contributed by atoms with E-state index in [1.165, 1.54) is 11.0 Å². The average molecular weight is 524 g/mol. The van der Waals surface area contributed by atoms with Gasteiger partial charge < -0.3 is 9.30 Å². The van der Waals surface area contributed by atoms with Crippen molar-refractivity contribution in [2.45, 2.75) is 6.54 Å². The largest absolute Gasteiger partial charge is 0.457 e. The van der Waals surface area contributed by atoms with E-state index < -0.39 is 11.8 Å². The predicted octanol–water partition coefficient (Wildman–Crippen LogP) is 5.89. The van der Waals surface area contributed by atoms with Crippen molar-refractivity contribution >= 4 is 53.1 Å². The summed E-state index contributed by atoms with van der Waals surface area (Å²) in [7, 11) is 0. The first-order valence-electron chi connectivity index (χ1n) is 11.5. The average Bonchev–Trinajstić information content (AvgIpc) is 2.90. The summed E-state index contributed by atoms with van der Waals surface area (Å²) in [6.45, 7) is 0.574. The molecule has 182 valence electrons. The quantitative estimate of drug-likeness (QED) is 0.194. The van der Waals surface area contributed by atoms with Gasteiger partial charge in [0.25, 0.3) is 11.8 Å². The maximum absolute atomic E-state index is 13.5. The van der Waals surface area contributed by atoms with Gasteiger partial charge in [-0.05, 0) is 66.3 Å². The van der Waals surface area contributed by atoms with Gasteiger partial charge in [-0.3, -0.25) is 19.8 Å². The van der Waals surface area contributed by atoms with Crippen LogP contribution in [0.3, 0.4) is 0 Å². The number of nitrogens with zero attached hydrogens (tertiary/aromatic N) is 2. The van der Waals surface area contributed by atoms with Gasteiger partial charge in [0.05, 0.1) is 5.69 Å². The number of hydrogen-bond acceptors (Lipinski definition) is 5. The van der Waals surface area contributed by atoms with Crippen molar-refractivity contribution in [1.82, 2.24) is 9.88 Å². The number of anilines is 1. The maximum atomic E-state index is 13.5. The van der Waals surface area contributed by atoms with Crippen LogP contribution in [0.4, 0.5) is 5.69 Å². The van der Waals surface area contributed by atoms with E-state index >= 15 is 0 Å². The highest BCUT2D eigenvalue weighted by Crippen LogP contribution is 2.27. The van der Waals surface area contributed by atoms with E-state index in [1.807, 2.05) is 77.5 Å². The Bertz CT molecular complexity index is 1560. The molecule has 1 aliphatic heterocycles. The topological polar surface area (TPSA) is 63.6 Å². The van der Waals surface area contributed by atoms with E-state index in [0.29, 0.717) is 33.9 Å². The van der Waals surface area contributed by atoms with Crippen molar-refractivity contribution in [3.8, 4) is 11.5 Å². The Balaban J connectivity index is 1.41. The van der Waals surface area contributed by atoms with E-state index in [2.05, 4.69) is 5.32 Å². The van der Waals surface area contributed by atoms with Crippen molar-refractivity contribution in [2.75, 3.05) is 4.90 Å². The third-order valence-corrected chi connectivity index (χ3v) is 6.48. The monoisotopic (exact) mass is 523 g/mol. The molecule has 1 aliphatic rings. The highest BCUT2D eigenvalue weighted by Gasteiger charge is 2.34. The summed E-state index contributed by atoms with van der Waals surface area (Å²) in [6.07, 6.45) is 3.39. The fraction of sp³-hybridized carbons (Fsp3) is 0.0345. The van der Waals surface area contributed by atoms with Crippen LogP contribution in [0, 0.1) is 4.64 Å². The van der Waals surface area contributed by atoms with Gasteiger partial charge in [0.15, 0.2) is 5.11 Å². The minimum Gasteiger partial charge on any atom is -0.457 e. The number of carbonyl (C=O) groups excluding carboxylic acids is 2. The molecule has 0 atom stereocenters. The number of pyridine rings is 1. The SMILES string of the molecule is O=C1NC(=S)N(c2ccc(Oc3ccccc3)cc2)C(=O)C1=Cc1cccn(Cc2ccccc2)c1=S. The molecule has 4 aromatic rings. The molecule has 2 heterocycles. The van der Waals surface area contributed by atoms with Crippen molar-refractivity contribution in [2.24, 2.45) is 0 Å². The molecule has 0 saturated carbocycles. The Hall–Kier alpha value is -4.40. The molecule has 0 bridgehead atoms. The smallest absolute Gasteiger partial charge is 0.270 e. The number of carbonyl (C=O) groups is 2. The number of aromatic nitrogens is 1. The van der Waals surface area contributed by atoms with Crippen molar-refractivity contribution in [3.63, 3.8) is 0 Å². The first-order chi connectivity index (χ1) is 18.0. The van der Waals surface area contributed by atoms with E-state index in [4.69, 9.17) is 29.2 Å². The second-order valence-corrected chi connectivity index (χ2v) is 9.02. The normalized spacial score (nSPS) is 14.5. The highest BCUT2D eigenvalue weighted by molar-refractivity contribution is 7.80. The van der Waals surface area contributed by atoms with Gasteiger partial charge in [-0.15, -0.1) is 0 Å². The Morgan fingerprint density at radius 1 is 0.784 bits per heavy atom. The van der Waals surface area contributed by atoms with Crippen LogP contribution in [-0.2, 0) is 16.1 Å². The molecule has 1 aromatic heterocycles. The third kappa shape index (κ3) is 5.40. The minimum atomic E-state index is -0.567. The number of rotatable bonds is 6. The van der Waals surface area contributed by atoms with Crippen LogP contribution in [-0.4, -0.2) is 21.5 Å². The summed E-state index contributed by atoms with van der Waals surface area (Å²) in [5.74, 6) is 0.207. The first-order valence-corrected chi connectivity index (χ1v) is 12.3. The van der Waals surface area contributed by atoms with Crippen LogP contribution in [0.5, 0.6) is 11.5 Å². The lowest BCUT2D eigenvalue weighted by atomic mass is 10.1. The van der Waals surface area contributed by atoms with Gasteiger partial charge in [-0.1, -0.05) is 66.8 Å². The molecule has 0 spiro atoms. The standard InChI is InChI=1S/C29H21N3O3S2/c33-26-25(18-21-10-7-17-31(28(21)36)19-20-8-3-1-4-9-20)27(34)32(29(37)30-26)22-13-15-24(16-14-22)35-23-11-5-2-6-12-23/h1-18H,19H2,(H,30,33,37). The van der Waals surface area contributed by atoms with Crippen LogP contribution >= 0.6 is 24.4 Å². The van der Waals surface area contributed by atoms with Gasteiger partial charge in [-0.2, -0.15) is 0 Å².